The number of fused-ring (bicyclic) bond motifs is 1. The van der Waals surface area contributed by atoms with Crippen molar-refractivity contribution < 1.29 is 8.78 Å². The Kier molecular flexibility index (Phi) is 1.28. The molecule has 0 bridgehead atoms. The molecule has 0 spiro atoms. The molecule has 1 aromatic rings. The van der Waals surface area contributed by atoms with Crippen molar-refractivity contribution in [2.75, 3.05) is 17.3 Å². The SMILES string of the molecule is CN1c2ccccc2NC1(F)F. The van der Waals surface area contributed by atoms with E-state index in [9.17, 15) is 8.78 Å². The van der Waals surface area contributed by atoms with Crippen LogP contribution < -0.4 is 10.2 Å². The predicted octanol–water partition coefficient (Wildman–Crippen LogP) is 2.10. The van der Waals surface area contributed by atoms with Gasteiger partial charge in [0.15, 0.2) is 0 Å². The van der Waals surface area contributed by atoms with E-state index in [2.05, 4.69) is 5.32 Å². The fourth-order valence-corrected chi connectivity index (χ4v) is 1.27. The molecule has 0 aliphatic carbocycles. The van der Waals surface area contributed by atoms with Crippen molar-refractivity contribution in [1.82, 2.24) is 0 Å². The minimum Gasteiger partial charge on any atom is -0.306 e. The van der Waals surface area contributed by atoms with Crippen LogP contribution in [0.15, 0.2) is 24.3 Å². The molecule has 0 fully saturated rings. The third-order valence-electron chi connectivity index (χ3n) is 1.97. The molecule has 64 valence electrons. The van der Waals surface area contributed by atoms with Crippen LogP contribution in [0.25, 0.3) is 0 Å². The van der Waals surface area contributed by atoms with Crippen LogP contribution >= 0.6 is 0 Å². The van der Waals surface area contributed by atoms with Crippen LogP contribution in [0, 0.1) is 0 Å². The smallest absolute Gasteiger partial charge is 0.306 e. The van der Waals surface area contributed by atoms with Gasteiger partial charge in [0.2, 0.25) is 0 Å². The number of halogens is 2. The van der Waals surface area contributed by atoms with Crippen LogP contribution in [0.2, 0.25) is 0 Å². The van der Waals surface area contributed by atoms with Gasteiger partial charge in [-0.15, -0.1) is 0 Å². The number of nitrogens with one attached hydrogen (secondary N) is 1. The molecule has 1 heterocycles. The molecule has 1 aliphatic rings. The van der Waals surface area contributed by atoms with Gasteiger partial charge in [0.25, 0.3) is 0 Å². The maximum absolute atomic E-state index is 12.9. The van der Waals surface area contributed by atoms with Crippen LogP contribution in [-0.4, -0.2) is 13.2 Å². The molecular weight excluding hydrogens is 162 g/mol. The van der Waals surface area contributed by atoms with Gasteiger partial charge in [0.1, 0.15) is 0 Å². The Labute approximate surface area is 68.8 Å². The van der Waals surface area contributed by atoms with Gasteiger partial charge in [0.05, 0.1) is 11.4 Å². The number of para-hydroxylation sites is 2. The van der Waals surface area contributed by atoms with Crippen molar-refractivity contribution in [3.63, 3.8) is 0 Å². The second kappa shape index (κ2) is 2.09. The van der Waals surface area contributed by atoms with E-state index in [1.54, 1.807) is 24.3 Å². The molecule has 0 radical (unpaired) electrons. The Bertz CT molecular complexity index is 312. The zero-order valence-electron chi connectivity index (χ0n) is 6.51. The summed E-state index contributed by atoms with van der Waals surface area (Å²) < 4.78 is 25.9. The van der Waals surface area contributed by atoms with Crippen LogP contribution in [0.4, 0.5) is 20.2 Å². The van der Waals surface area contributed by atoms with Gasteiger partial charge in [-0.05, 0) is 12.1 Å². The topological polar surface area (TPSA) is 15.3 Å². The van der Waals surface area contributed by atoms with Crippen LogP contribution in [0.5, 0.6) is 0 Å². The summed E-state index contributed by atoms with van der Waals surface area (Å²) in [6, 6.07) is 6.75. The average molecular weight is 170 g/mol. The first-order chi connectivity index (χ1) is 5.61. The fourth-order valence-electron chi connectivity index (χ4n) is 1.27. The third-order valence-corrected chi connectivity index (χ3v) is 1.97. The van der Waals surface area contributed by atoms with E-state index in [4.69, 9.17) is 0 Å². The predicted molar refractivity (Wildman–Crippen MR) is 43.4 cm³/mol. The summed E-state index contributed by atoms with van der Waals surface area (Å²) in [4.78, 5) is 0.919. The lowest BCUT2D eigenvalue weighted by Crippen LogP contribution is -2.39. The number of alkyl halides is 2. The summed E-state index contributed by atoms with van der Waals surface area (Å²) in [5.74, 6) is 0. The van der Waals surface area contributed by atoms with Crippen molar-refractivity contribution in [3.05, 3.63) is 24.3 Å². The van der Waals surface area contributed by atoms with Gasteiger partial charge < -0.3 is 5.32 Å². The lowest BCUT2D eigenvalue weighted by molar-refractivity contribution is 0.0407. The van der Waals surface area contributed by atoms with Gasteiger partial charge in [-0.25, -0.2) is 0 Å². The second-order valence-corrected chi connectivity index (χ2v) is 2.74. The summed E-state index contributed by atoms with van der Waals surface area (Å²) >= 11 is 0. The van der Waals surface area contributed by atoms with Crippen molar-refractivity contribution in [2.45, 2.75) is 6.17 Å². The van der Waals surface area contributed by atoms with Gasteiger partial charge in [-0.3, -0.25) is 4.90 Å². The number of nitrogens with zero attached hydrogens (tertiary/aromatic N) is 1. The average Bonchev–Trinajstić information content (AvgIpc) is 2.24. The molecule has 0 aromatic heterocycles. The first kappa shape index (κ1) is 7.34. The number of benzene rings is 1. The van der Waals surface area contributed by atoms with E-state index in [0.717, 1.165) is 4.90 Å². The fraction of sp³-hybridized carbons (Fsp3) is 0.250. The van der Waals surface area contributed by atoms with Crippen LogP contribution in [0.3, 0.4) is 0 Å². The highest BCUT2D eigenvalue weighted by Gasteiger charge is 2.41. The molecule has 2 nitrogen and oxygen atoms in total. The van der Waals surface area contributed by atoms with E-state index >= 15 is 0 Å². The Morgan fingerprint density at radius 3 is 2.67 bits per heavy atom. The maximum Gasteiger partial charge on any atom is 0.411 e. The minimum absolute atomic E-state index is 0.477. The zero-order valence-corrected chi connectivity index (χ0v) is 6.51. The Morgan fingerprint density at radius 2 is 2.00 bits per heavy atom. The van der Waals surface area contributed by atoms with E-state index in [-0.39, 0.29) is 0 Å². The second-order valence-electron chi connectivity index (χ2n) is 2.74. The van der Waals surface area contributed by atoms with Gasteiger partial charge in [-0.2, -0.15) is 8.78 Å². The summed E-state index contributed by atoms with van der Waals surface area (Å²) in [5, 5.41) is 2.12. The number of anilines is 2. The van der Waals surface area contributed by atoms with E-state index in [1.165, 1.54) is 7.05 Å². The lowest BCUT2D eigenvalue weighted by Gasteiger charge is -2.19. The maximum atomic E-state index is 12.9. The van der Waals surface area contributed by atoms with Gasteiger partial charge >= 0.3 is 6.17 Å². The molecular formula is C8H8F2N2. The molecule has 0 saturated heterocycles. The number of hydrogen-bond acceptors (Lipinski definition) is 2. The van der Waals surface area contributed by atoms with E-state index in [0.29, 0.717) is 11.4 Å². The highest BCUT2D eigenvalue weighted by molar-refractivity contribution is 5.75. The van der Waals surface area contributed by atoms with Crippen molar-refractivity contribution in [1.29, 1.82) is 0 Å². The minimum atomic E-state index is -2.95. The molecule has 1 aromatic carbocycles. The molecule has 0 saturated carbocycles. The normalized spacial score (nSPS) is 18.8. The van der Waals surface area contributed by atoms with E-state index < -0.39 is 6.17 Å². The van der Waals surface area contributed by atoms with Crippen LogP contribution in [-0.2, 0) is 0 Å². The summed E-state index contributed by atoms with van der Waals surface area (Å²) in [7, 11) is 1.36. The molecule has 1 N–H and O–H groups in total. The van der Waals surface area contributed by atoms with Crippen LogP contribution in [0.1, 0.15) is 0 Å². The molecule has 2 rings (SSSR count). The number of hydrogen-bond donors (Lipinski definition) is 1. The molecule has 0 unspecified atom stereocenters. The molecule has 0 atom stereocenters. The van der Waals surface area contributed by atoms with Crippen molar-refractivity contribution in [2.24, 2.45) is 0 Å². The van der Waals surface area contributed by atoms with Crippen molar-refractivity contribution in [3.8, 4) is 0 Å². The highest BCUT2D eigenvalue weighted by atomic mass is 19.3. The van der Waals surface area contributed by atoms with E-state index in [1.807, 2.05) is 0 Å². The molecule has 0 amide bonds. The number of rotatable bonds is 0. The zero-order chi connectivity index (χ0) is 8.77. The molecule has 4 heteroatoms. The third kappa shape index (κ3) is 0.841. The summed E-state index contributed by atoms with van der Waals surface area (Å²) in [5.41, 5.74) is 1.01. The first-order valence-corrected chi connectivity index (χ1v) is 3.60. The quantitative estimate of drug-likeness (QED) is 0.600. The highest BCUT2D eigenvalue weighted by Crippen LogP contribution is 2.39. The Hall–Kier alpha value is -1.32. The van der Waals surface area contributed by atoms with Gasteiger partial charge in [0, 0.05) is 7.05 Å². The van der Waals surface area contributed by atoms with Crippen molar-refractivity contribution >= 4 is 11.4 Å². The summed E-state index contributed by atoms with van der Waals surface area (Å²) in [6.45, 7) is 0. The Morgan fingerprint density at radius 1 is 1.33 bits per heavy atom. The van der Waals surface area contributed by atoms with Gasteiger partial charge in [-0.1, -0.05) is 12.1 Å². The molecule has 12 heavy (non-hydrogen) atoms. The lowest BCUT2D eigenvalue weighted by atomic mass is 10.3. The Balaban J connectivity index is 2.49. The first-order valence-electron chi connectivity index (χ1n) is 3.60. The monoisotopic (exact) mass is 170 g/mol. The summed E-state index contributed by atoms with van der Waals surface area (Å²) in [6.07, 6.45) is -2.95. The largest absolute Gasteiger partial charge is 0.411 e. The molecule has 1 aliphatic heterocycles. The standard InChI is InChI=1S/C8H8F2N2/c1-12-7-5-3-2-4-6(7)11-8(12,9)10/h2-5,11H,1H3.